The minimum atomic E-state index is 1.86. The maximum atomic E-state index is 2.03. The second-order valence-corrected chi connectivity index (χ2v) is 0.577. The fourth-order valence-corrected chi connectivity index (χ4v) is 0. The Morgan fingerprint density at radius 3 is 1.40 bits per heavy atom. The van der Waals surface area contributed by atoms with Gasteiger partial charge >= 0.3 is 33.6 Å². The second-order valence-electron chi connectivity index (χ2n) is 0.577. The van der Waals surface area contributed by atoms with E-state index in [1.54, 1.807) is 0 Å². The van der Waals surface area contributed by atoms with Crippen molar-refractivity contribution in [3.63, 3.8) is 0 Å². The zero-order chi connectivity index (χ0) is 4.71. The van der Waals surface area contributed by atoms with Gasteiger partial charge in [0.1, 0.15) is 0 Å². The van der Waals surface area contributed by atoms with Crippen LogP contribution in [0.2, 0.25) is 0 Å². The molecule has 0 atom stereocenters. The number of hydrogen-bond acceptors (Lipinski definition) is 0. The summed E-state index contributed by atoms with van der Waals surface area (Å²) in [6.45, 7) is 4.00. The average molecular weight is 74.3 g/mol. The molecular formula is C3H7LiMg. The molecule has 0 bridgehead atoms. The minimum absolute atomic E-state index is 1.86. The SMILES string of the molecule is C[CH-]C.[Li][Mg+]. The molecular weight excluding hydrogens is 67.3 g/mol. The fourth-order valence-electron chi connectivity index (χ4n) is 0. The van der Waals surface area contributed by atoms with Crippen LogP contribution < -0.4 is 0 Å². The van der Waals surface area contributed by atoms with Gasteiger partial charge in [0.2, 0.25) is 0 Å². The Morgan fingerprint density at radius 2 is 1.40 bits per heavy atom. The molecule has 0 aliphatic rings. The Hall–Kier alpha value is 1.36. The summed E-state index contributed by atoms with van der Waals surface area (Å²) in [6, 6.07) is 0. The first-order valence-corrected chi connectivity index (χ1v) is 3.28. The van der Waals surface area contributed by atoms with Crippen molar-refractivity contribution in [2.75, 3.05) is 0 Å². The molecule has 0 aromatic carbocycles. The molecule has 0 amide bonds. The Bertz CT molecular complexity index is 6.85. The first-order valence-electron chi connectivity index (χ1n) is 1.86. The second kappa shape index (κ2) is 18.3. The molecule has 2 heteroatoms. The third-order valence-corrected chi connectivity index (χ3v) is 0. The number of hydrogen-bond donors (Lipinski definition) is 0. The van der Waals surface area contributed by atoms with Crippen LogP contribution in [0.4, 0.5) is 0 Å². The van der Waals surface area contributed by atoms with E-state index in [4.69, 9.17) is 0 Å². The van der Waals surface area contributed by atoms with E-state index < -0.39 is 0 Å². The van der Waals surface area contributed by atoms with Crippen molar-refractivity contribution < 1.29 is 0 Å². The van der Waals surface area contributed by atoms with E-state index in [2.05, 4.69) is 0 Å². The van der Waals surface area contributed by atoms with Gasteiger partial charge in [0, 0.05) is 0 Å². The van der Waals surface area contributed by atoms with Gasteiger partial charge in [-0.3, -0.25) is 0 Å². The third-order valence-electron chi connectivity index (χ3n) is 0. The third kappa shape index (κ3) is 32.6. The molecule has 0 spiro atoms. The normalized spacial score (nSPS) is 5.20. The zero-order valence-electron chi connectivity index (χ0n) is 4.28. The van der Waals surface area contributed by atoms with Crippen LogP contribution in [0.1, 0.15) is 13.8 Å². The fraction of sp³-hybridized carbons (Fsp3) is 0.667. The van der Waals surface area contributed by atoms with Crippen molar-refractivity contribution in [1.29, 1.82) is 0 Å². The first kappa shape index (κ1) is 9.61. The van der Waals surface area contributed by atoms with Gasteiger partial charge in [0.05, 0.1) is 0 Å². The molecule has 0 aromatic heterocycles. The molecule has 22 valence electrons. The molecule has 5 heavy (non-hydrogen) atoms. The molecule has 0 aliphatic carbocycles. The van der Waals surface area contributed by atoms with Crippen LogP contribution in [0.3, 0.4) is 0 Å². The molecule has 0 aliphatic heterocycles. The summed E-state index contributed by atoms with van der Waals surface area (Å²) in [5, 5.41) is 0. The number of rotatable bonds is 0. The maximum absolute atomic E-state index is 2.03. The molecule has 0 radical (unpaired) electrons. The van der Waals surface area contributed by atoms with Gasteiger partial charge in [0.15, 0.2) is 0 Å². The Balaban J connectivity index is 0. The molecule has 0 heterocycles. The van der Waals surface area contributed by atoms with Crippen LogP contribution in [0.15, 0.2) is 0 Å². The predicted octanol–water partition coefficient (Wildman–Crippen LogP) is 0.469. The van der Waals surface area contributed by atoms with Crippen molar-refractivity contribution in [1.82, 2.24) is 0 Å². The average Bonchev–Trinajstić information content (AvgIpc) is 1.46. The quantitative estimate of drug-likeness (QED) is 0.289. The van der Waals surface area contributed by atoms with Crippen molar-refractivity contribution in [3.8, 4) is 0 Å². The van der Waals surface area contributed by atoms with Crippen LogP contribution in [0, 0.1) is 6.42 Å². The predicted molar refractivity (Wildman–Crippen MR) is 27.2 cm³/mol. The van der Waals surface area contributed by atoms with E-state index in [0.717, 1.165) is 0 Å². The van der Waals surface area contributed by atoms with Crippen LogP contribution >= 0.6 is 0 Å². The van der Waals surface area contributed by atoms with Gasteiger partial charge in [-0.05, 0) is 0 Å². The summed E-state index contributed by atoms with van der Waals surface area (Å²) >= 11 is 3.89. The summed E-state index contributed by atoms with van der Waals surface area (Å²) in [7, 11) is 0. The Kier molecular flexibility index (Phi) is 35.2. The molecule has 0 aromatic rings. The van der Waals surface area contributed by atoms with E-state index in [1.165, 1.54) is 0 Å². The van der Waals surface area contributed by atoms with Crippen molar-refractivity contribution in [2.24, 2.45) is 0 Å². The summed E-state index contributed by atoms with van der Waals surface area (Å²) < 4.78 is 0. The molecule has 0 saturated carbocycles. The molecule has 0 rings (SSSR count). The van der Waals surface area contributed by atoms with E-state index in [1.807, 2.05) is 53.8 Å². The van der Waals surface area contributed by atoms with Gasteiger partial charge in [-0.2, -0.15) is 13.8 Å². The Morgan fingerprint density at radius 1 is 1.40 bits per heavy atom. The zero-order valence-corrected chi connectivity index (χ0v) is 5.70. The Labute approximate surface area is 53.7 Å². The van der Waals surface area contributed by atoms with E-state index in [9.17, 15) is 0 Å². The summed E-state index contributed by atoms with van der Waals surface area (Å²) in [5.41, 5.74) is 0. The first-order chi connectivity index (χ1) is 2.41. The van der Waals surface area contributed by atoms with Crippen molar-refractivity contribution in [2.45, 2.75) is 13.8 Å². The molecule has 0 N–H and O–H groups in total. The van der Waals surface area contributed by atoms with Gasteiger partial charge in [-0.1, -0.05) is 0 Å². The van der Waals surface area contributed by atoms with Gasteiger partial charge in [0.25, 0.3) is 0 Å². The summed E-state index contributed by atoms with van der Waals surface area (Å²) in [6.07, 6.45) is 2.00. The molecule has 0 saturated heterocycles. The van der Waals surface area contributed by atoms with Crippen LogP contribution in [0.25, 0.3) is 0 Å². The van der Waals surface area contributed by atoms with Gasteiger partial charge in [-0.25, -0.2) is 0 Å². The monoisotopic (exact) mass is 74.1 g/mol. The van der Waals surface area contributed by atoms with E-state index >= 15 is 0 Å². The van der Waals surface area contributed by atoms with E-state index in [-0.39, 0.29) is 0 Å². The molecule has 0 fully saturated rings. The van der Waals surface area contributed by atoms with Crippen LogP contribution in [0.5, 0.6) is 0 Å². The van der Waals surface area contributed by atoms with Gasteiger partial charge < -0.3 is 6.42 Å². The topological polar surface area (TPSA) is 0 Å². The van der Waals surface area contributed by atoms with Crippen LogP contribution in [-0.2, 0) is 0 Å². The van der Waals surface area contributed by atoms with Crippen LogP contribution in [-0.4, -0.2) is 33.6 Å². The van der Waals surface area contributed by atoms with E-state index in [0.29, 0.717) is 0 Å². The standard InChI is InChI=1S/C3H7.Li.Mg/c1-3-2;;/h3H,1-2H3;;/q-1;;+1. The molecule has 0 nitrogen and oxygen atoms in total. The molecule has 0 unspecified atom stereocenters. The van der Waals surface area contributed by atoms with Gasteiger partial charge in [-0.15, -0.1) is 0 Å². The van der Waals surface area contributed by atoms with Crippen molar-refractivity contribution in [3.05, 3.63) is 6.42 Å². The van der Waals surface area contributed by atoms with Crippen molar-refractivity contribution >= 4 is 33.6 Å². The summed E-state index contributed by atoms with van der Waals surface area (Å²) in [4.78, 5) is 0. The summed E-state index contributed by atoms with van der Waals surface area (Å²) in [5.74, 6) is 0.